The first-order valence-electron chi connectivity index (χ1n) is 11.5. The summed E-state index contributed by atoms with van der Waals surface area (Å²) in [5, 5.41) is 2.97. The predicted molar refractivity (Wildman–Crippen MR) is 150 cm³/mol. The smallest absolute Gasteiger partial charge is 0.264 e. The highest BCUT2D eigenvalue weighted by Gasteiger charge is 2.29. The highest BCUT2D eigenvalue weighted by molar-refractivity contribution is 7.93. The fourth-order valence-corrected chi connectivity index (χ4v) is 6.23. The van der Waals surface area contributed by atoms with Crippen molar-refractivity contribution in [1.82, 2.24) is 9.97 Å². The number of carbonyl (C=O) groups is 1. The van der Waals surface area contributed by atoms with Gasteiger partial charge in [-0.25, -0.2) is 31.5 Å². The van der Waals surface area contributed by atoms with Crippen molar-refractivity contribution in [2.75, 3.05) is 20.9 Å². The number of sulfonamides is 2. The molecule has 0 saturated heterocycles. The molecule has 0 bridgehead atoms. The second-order valence-corrected chi connectivity index (χ2v) is 12.4. The van der Waals surface area contributed by atoms with Gasteiger partial charge in [-0.15, -0.1) is 0 Å². The van der Waals surface area contributed by atoms with Gasteiger partial charge in [0, 0.05) is 22.6 Å². The van der Waals surface area contributed by atoms with E-state index in [1.165, 1.54) is 42.6 Å². The standard InChI is InChI=1S/C26H24ClN5O5S2/c1-18-15-16-28-26(29-18)31-38(34,35)21-13-11-20(12-14-21)30-25(33)17-32(24-10-6-9-23(27)19(24)2)39(36,37)22-7-4-3-5-8-22/h3-16H,17H2,1-2H3,(H,30,33)(H,28,29,31). The molecule has 1 amide bonds. The summed E-state index contributed by atoms with van der Waals surface area (Å²) in [6.45, 7) is 2.82. The number of carbonyl (C=O) groups excluding carboxylic acids is 1. The molecule has 39 heavy (non-hydrogen) atoms. The number of aromatic nitrogens is 2. The van der Waals surface area contributed by atoms with Gasteiger partial charge in [0.15, 0.2) is 0 Å². The minimum Gasteiger partial charge on any atom is -0.325 e. The van der Waals surface area contributed by atoms with Crippen LogP contribution in [0.2, 0.25) is 5.02 Å². The Balaban J connectivity index is 1.55. The van der Waals surface area contributed by atoms with Crippen LogP contribution in [0.3, 0.4) is 0 Å². The molecule has 1 heterocycles. The molecule has 0 aliphatic rings. The minimum atomic E-state index is -4.13. The summed E-state index contributed by atoms with van der Waals surface area (Å²) in [6.07, 6.45) is 1.44. The van der Waals surface area contributed by atoms with Gasteiger partial charge in [0.2, 0.25) is 11.9 Å². The number of hydrogen-bond donors (Lipinski definition) is 2. The van der Waals surface area contributed by atoms with E-state index in [0.717, 1.165) is 4.31 Å². The third kappa shape index (κ3) is 6.53. The van der Waals surface area contributed by atoms with Crippen molar-refractivity contribution in [2.45, 2.75) is 23.6 Å². The normalized spacial score (nSPS) is 11.6. The maximum absolute atomic E-state index is 13.5. The Morgan fingerprint density at radius 2 is 1.56 bits per heavy atom. The Morgan fingerprint density at radius 1 is 0.872 bits per heavy atom. The van der Waals surface area contributed by atoms with E-state index in [-0.39, 0.29) is 27.1 Å². The van der Waals surface area contributed by atoms with Crippen LogP contribution in [0.1, 0.15) is 11.3 Å². The number of halogens is 1. The molecule has 0 unspecified atom stereocenters. The molecule has 0 radical (unpaired) electrons. The van der Waals surface area contributed by atoms with Crippen LogP contribution in [0, 0.1) is 13.8 Å². The van der Waals surface area contributed by atoms with Crippen LogP contribution < -0.4 is 14.3 Å². The van der Waals surface area contributed by atoms with Gasteiger partial charge in [-0.05, 0) is 74.0 Å². The van der Waals surface area contributed by atoms with E-state index in [1.807, 2.05) is 0 Å². The van der Waals surface area contributed by atoms with Crippen LogP contribution in [0.15, 0.2) is 94.9 Å². The Bertz CT molecular complexity index is 1720. The van der Waals surface area contributed by atoms with Crippen LogP contribution in [0.5, 0.6) is 0 Å². The number of aryl methyl sites for hydroxylation is 1. The average molecular weight is 586 g/mol. The number of amides is 1. The minimum absolute atomic E-state index is 0.0109. The Morgan fingerprint density at radius 3 is 2.23 bits per heavy atom. The molecule has 0 aliphatic heterocycles. The summed E-state index contributed by atoms with van der Waals surface area (Å²) in [6, 6.07) is 19.6. The predicted octanol–water partition coefficient (Wildman–Crippen LogP) is 4.38. The van der Waals surface area contributed by atoms with Gasteiger partial charge in [0.05, 0.1) is 15.5 Å². The van der Waals surface area contributed by atoms with E-state index in [1.54, 1.807) is 56.3 Å². The number of hydrogen-bond acceptors (Lipinski definition) is 7. The number of benzene rings is 3. The molecule has 202 valence electrons. The first-order chi connectivity index (χ1) is 18.5. The molecule has 0 spiro atoms. The van der Waals surface area contributed by atoms with Gasteiger partial charge in [0.1, 0.15) is 6.54 Å². The lowest BCUT2D eigenvalue weighted by Gasteiger charge is -2.26. The topological polar surface area (TPSA) is 138 Å². The van der Waals surface area contributed by atoms with E-state index >= 15 is 0 Å². The van der Waals surface area contributed by atoms with E-state index in [4.69, 9.17) is 11.6 Å². The van der Waals surface area contributed by atoms with Crippen LogP contribution in [0.25, 0.3) is 0 Å². The molecule has 2 N–H and O–H groups in total. The molecule has 3 aromatic carbocycles. The van der Waals surface area contributed by atoms with Gasteiger partial charge < -0.3 is 5.32 Å². The lowest BCUT2D eigenvalue weighted by molar-refractivity contribution is -0.114. The number of rotatable bonds is 9. The molecular formula is C26H24ClN5O5S2. The third-order valence-corrected chi connectivity index (χ3v) is 9.12. The fourth-order valence-electron chi connectivity index (χ4n) is 3.61. The molecule has 4 rings (SSSR count). The van der Waals surface area contributed by atoms with E-state index in [9.17, 15) is 21.6 Å². The summed E-state index contributed by atoms with van der Waals surface area (Å²) < 4.78 is 55.7. The van der Waals surface area contributed by atoms with Gasteiger partial charge in [0.25, 0.3) is 20.0 Å². The number of nitrogens with one attached hydrogen (secondary N) is 2. The van der Waals surface area contributed by atoms with E-state index in [2.05, 4.69) is 20.0 Å². The second-order valence-electron chi connectivity index (χ2n) is 8.41. The maximum atomic E-state index is 13.5. The summed E-state index contributed by atoms with van der Waals surface area (Å²) in [7, 11) is -8.10. The first-order valence-corrected chi connectivity index (χ1v) is 14.8. The van der Waals surface area contributed by atoms with Crippen molar-refractivity contribution in [3.05, 3.63) is 101 Å². The SMILES string of the molecule is Cc1ccnc(NS(=O)(=O)c2ccc(NC(=O)CN(c3cccc(Cl)c3C)S(=O)(=O)c3ccccc3)cc2)n1. The average Bonchev–Trinajstić information content (AvgIpc) is 2.89. The van der Waals surface area contributed by atoms with Crippen molar-refractivity contribution in [2.24, 2.45) is 0 Å². The highest BCUT2D eigenvalue weighted by atomic mass is 35.5. The summed E-state index contributed by atoms with van der Waals surface area (Å²) in [4.78, 5) is 20.9. The summed E-state index contributed by atoms with van der Waals surface area (Å²) >= 11 is 6.25. The lowest BCUT2D eigenvalue weighted by Crippen LogP contribution is -2.38. The molecule has 1 aromatic heterocycles. The van der Waals surface area contributed by atoms with Crippen molar-refractivity contribution < 1.29 is 21.6 Å². The number of anilines is 3. The quantitative estimate of drug-likeness (QED) is 0.297. The van der Waals surface area contributed by atoms with Crippen molar-refractivity contribution in [3.8, 4) is 0 Å². The Hall–Kier alpha value is -4.00. The van der Waals surface area contributed by atoms with Gasteiger partial charge in [-0.1, -0.05) is 35.9 Å². The Kier molecular flexibility index (Phi) is 8.19. The van der Waals surface area contributed by atoms with E-state index in [0.29, 0.717) is 16.3 Å². The second kappa shape index (κ2) is 11.4. The lowest BCUT2D eigenvalue weighted by atomic mass is 10.2. The molecule has 4 aromatic rings. The van der Waals surface area contributed by atoms with Crippen molar-refractivity contribution >= 4 is 54.9 Å². The van der Waals surface area contributed by atoms with Gasteiger partial charge in [-0.3, -0.25) is 9.10 Å². The largest absolute Gasteiger partial charge is 0.325 e. The summed E-state index contributed by atoms with van der Waals surface area (Å²) in [5.41, 5.74) is 1.61. The van der Waals surface area contributed by atoms with Gasteiger partial charge >= 0.3 is 0 Å². The van der Waals surface area contributed by atoms with Crippen LogP contribution in [-0.2, 0) is 24.8 Å². The van der Waals surface area contributed by atoms with Crippen LogP contribution in [0.4, 0.5) is 17.3 Å². The molecule has 13 heteroatoms. The highest BCUT2D eigenvalue weighted by Crippen LogP contribution is 2.31. The zero-order valence-electron chi connectivity index (χ0n) is 20.9. The fraction of sp³-hybridized carbons (Fsp3) is 0.115. The van der Waals surface area contributed by atoms with Gasteiger partial charge in [-0.2, -0.15) is 0 Å². The monoisotopic (exact) mass is 585 g/mol. The van der Waals surface area contributed by atoms with E-state index < -0.39 is 32.5 Å². The summed E-state index contributed by atoms with van der Waals surface area (Å²) in [5.74, 6) is -0.709. The van der Waals surface area contributed by atoms with Crippen molar-refractivity contribution in [3.63, 3.8) is 0 Å². The zero-order valence-corrected chi connectivity index (χ0v) is 23.3. The molecule has 0 saturated carbocycles. The number of nitrogens with zero attached hydrogens (tertiary/aromatic N) is 3. The molecule has 10 nitrogen and oxygen atoms in total. The van der Waals surface area contributed by atoms with Crippen molar-refractivity contribution in [1.29, 1.82) is 0 Å². The third-order valence-electron chi connectivity index (χ3n) is 5.60. The zero-order chi connectivity index (χ0) is 28.2. The molecule has 0 atom stereocenters. The first kappa shape index (κ1) is 28.0. The molecule has 0 fully saturated rings. The Labute approximate surface area is 231 Å². The molecular weight excluding hydrogens is 562 g/mol. The van der Waals surface area contributed by atoms with Crippen LogP contribution in [-0.4, -0.2) is 39.3 Å². The maximum Gasteiger partial charge on any atom is 0.264 e. The molecule has 0 aliphatic carbocycles. The van der Waals surface area contributed by atoms with Crippen LogP contribution >= 0.6 is 11.6 Å².